The Morgan fingerprint density at radius 1 is 1.13 bits per heavy atom. The van der Waals surface area contributed by atoms with Crippen molar-refractivity contribution in [3.8, 4) is 17.0 Å². The Balaban J connectivity index is 1.45. The topological polar surface area (TPSA) is 93.1 Å². The lowest BCUT2D eigenvalue weighted by molar-refractivity contribution is -0.124. The minimum atomic E-state index is -0.650. The molecule has 154 valence electrons. The van der Waals surface area contributed by atoms with E-state index in [2.05, 4.69) is 30.9 Å². The first kappa shape index (κ1) is 19.3. The van der Waals surface area contributed by atoms with Crippen molar-refractivity contribution in [2.24, 2.45) is 0 Å². The second kappa shape index (κ2) is 7.51. The fraction of sp³-hybridized carbons (Fsp3) is 0.0909. The van der Waals surface area contributed by atoms with Crippen LogP contribution in [-0.4, -0.2) is 43.2 Å². The number of methoxy groups -OCH3 is 1. The van der Waals surface area contributed by atoms with Crippen LogP contribution >= 0.6 is 15.9 Å². The van der Waals surface area contributed by atoms with E-state index in [1.807, 2.05) is 34.9 Å². The van der Waals surface area contributed by atoms with Crippen molar-refractivity contribution in [3.05, 3.63) is 71.1 Å². The van der Waals surface area contributed by atoms with Gasteiger partial charge in [-0.2, -0.15) is 0 Å². The third-order valence-corrected chi connectivity index (χ3v) is 5.80. The molecule has 1 aliphatic rings. The number of hydrogen-bond acceptors (Lipinski definition) is 5. The van der Waals surface area contributed by atoms with Gasteiger partial charge in [0.05, 0.1) is 48.2 Å². The molecule has 1 N–H and O–H groups in total. The largest absolute Gasteiger partial charge is 0.494 e. The number of nitrogens with zero attached hydrogens (tertiary/aromatic N) is 4. The highest BCUT2D eigenvalue weighted by Crippen LogP contribution is 2.33. The van der Waals surface area contributed by atoms with Crippen molar-refractivity contribution in [1.82, 2.24) is 24.4 Å². The SMILES string of the molecule is COc1cnc(Br)c2[nH]cc(C(=O)C(=O)N3C=Cn4c(-c5ccccc5)cnc4C3)c12. The average Bonchev–Trinajstić information content (AvgIpc) is 3.44. The Morgan fingerprint density at radius 3 is 2.71 bits per heavy atom. The number of amides is 1. The van der Waals surface area contributed by atoms with Crippen molar-refractivity contribution in [1.29, 1.82) is 0 Å². The summed E-state index contributed by atoms with van der Waals surface area (Å²) in [7, 11) is 1.49. The Bertz CT molecular complexity index is 1360. The van der Waals surface area contributed by atoms with E-state index >= 15 is 0 Å². The highest BCUT2D eigenvalue weighted by molar-refractivity contribution is 9.10. The molecule has 0 unspecified atom stereocenters. The molecule has 0 saturated heterocycles. The number of fused-ring (bicyclic) bond motifs is 2. The number of benzene rings is 1. The van der Waals surface area contributed by atoms with Crippen molar-refractivity contribution < 1.29 is 14.3 Å². The molecular weight excluding hydrogens is 462 g/mol. The average molecular weight is 478 g/mol. The highest BCUT2D eigenvalue weighted by Gasteiger charge is 2.29. The number of pyridine rings is 1. The normalized spacial score (nSPS) is 12.8. The van der Waals surface area contributed by atoms with Gasteiger partial charge in [-0.25, -0.2) is 9.97 Å². The number of imidazole rings is 1. The molecule has 1 aliphatic heterocycles. The predicted molar refractivity (Wildman–Crippen MR) is 118 cm³/mol. The van der Waals surface area contributed by atoms with Crippen molar-refractivity contribution in [2.45, 2.75) is 6.54 Å². The van der Waals surface area contributed by atoms with Gasteiger partial charge in [-0.1, -0.05) is 30.3 Å². The second-order valence-corrected chi connectivity index (χ2v) is 7.68. The molecule has 4 heterocycles. The van der Waals surface area contributed by atoms with E-state index < -0.39 is 11.7 Å². The molecule has 1 amide bonds. The first-order valence-electron chi connectivity index (χ1n) is 9.43. The van der Waals surface area contributed by atoms with Crippen molar-refractivity contribution in [3.63, 3.8) is 0 Å². The number of halogens is 1. The number of aromatic amines is 1. The predicted octanol–water partition coefficient (Wildman–Crippen LogP) is 3.85. The van der Waals surface area contributed by atoms with E-state index in [4.69, 9.17) is 4.74 Å². The summed E-state index contributed by atoms with van der Waals surface area (Å²) in [6.45, 7) is 0.193. The van der Waals surface area contributed by atoms with E-state index in [1.165, 1.54) is 24.4 Å². The van der Waals surface area contributed by atoms with Gasteiger partial charge in [-0.05, 0) is 15.9 Å². The van der Waals surface area contributed by atoms with Crippen LogP contribution in [0.15, 0.2) is 59.7 Å². The summed E-state index contributed by atoms with van der Waals surface area (Å²) in [5.74, 6) is -0.211. The smallest absolute Gasteiger partial charge is 0.299 e. The number of carbonyl (C=O) groups excluding carboxylic acids is 2. The van der Waals surface area contributed by atoms with E-state index in [0.29, 0.717) is 27.1 Å². The monoisotopic (exact) mass is 477 g/mol. The minimum absolute atomic E-state index is 0.193. The van der Waals surface area contributed by atoms with Crippen molar-refractivity contribution >= 4 is 44.7 Å². The van der Waals surface area contributed by atoms with Crippen LogP contribution in [-0.2, 0) is 11.3 Å². The number of rotatable bonds is 4. The minimum Gasteiger partial charge on any atom is -0.494 e. The lowest BCUT2D eigenvalue weighted by Gasteiger charge is -2.22. The van der Waals surface area contributed by atoms with E-state index in [-0.39, 0.29) is 12.1 Å². The molecule has 0 saturated carbocycles. The summed E-state index contributed by atoms with van der Waals surface area (Å²) in [6.07, 6.45) is 8.12. The van der Waals surface area contributed by atoms with Crippen LogP contribution < -0.4 is 4.74 Å². The molecule has 1 aromatic carbocycles. The first-order chi connectivity index (χ1) is 15.1. The van der Waals surface area contributed by atoms with Gasteiger partial charge in [0.1, 0.15) is 16.2 Å². The lowest BCUT2D eigenvalue weighted by atomic mass is 10.1. The van der Waals surface area contributed by atoms with Gasteiger partial charge in [-0.3, -0.25) is 9.59 Å². The van der Waals surface area contributed by atoms with E-state index in [9.17, 15) is 9.59 Å². The summed E-state index contributed by atoms with van der Waals surface area (Å²) in [4.78, 5) is 39.1. The van der Waals surface area contributed by atoms with Crippen LogP contribution in [0.25, 0.3) is 28.4 Å². The maximum absolute atomic E-state index is 13.1. The Morgan fingerprint density at radius 2 is 1.94 bits per heavy atom. The molecule has 0 fully saturated rings. The number of Topliss-reactive ketones (excluding diaryl/α,β-unsaturated/α-hetero) is 1. The maximum Gasteiger partial charge on any atom is 0.299 e. The standard InChI is InChI=1S/C22H16BrN5O3/c1-31-16-11-26-21(23)19-18(16)14(9-25-19)20(29)22(30)27-7-8-28-15(10-24-17(28)12-27)13-5-3-2-4-6-13/h2-11,25H,12H2,1H3. The van der Waals surface area contributed by atoms with Gasteiger partial charge in [0.25, 0.3) is 11.7 Å². The van der Waals surface area contributed by atoms with Crippen molar-refractivity contribution in [2.75, 3.05) is 7.11 Å². The number of nitrogens with one attached hydrogen (secondary N) is 1. The van der Waals surface area contributed by atoms with Gasteiger partial charge in [0, 0.05) is 24.2 Å². The Labute approximate surface area is 185 Å². The van der Waals surface area contributed by atoms with Gasteiger partial charge in [0.15, 0.2) is 0 Å². The quantitative estimate of drug-likeness (QED) is 0.273. The zero-order chi connectivity index (χ0) is 21.5. The van der Waals surface area contributed by atoms with Crippen LogP contribution in [0, 0.1) is 0 Å². The molecule has 0 aliphatic carbocycles. The van der Waals surface area contributed by atoms with Gasteiger partial charge in [-0.15, -0.1) is 0 Å². The molecule has 9 heteroatoms. The van der Waals surface area contributed by atoms with Gasteiger partial charge in [0.2, 0.25) is 0 Å². The third-order valence-electron chi connectivity index (χ3n) is 5.20. The number of ketones is 1. The summed E-state index contributed by atoms with van der Waals surface area (Å²) in [5, 5.41) is 0.511. The van der Waals surface area contributed by atoms with E-state index in [1.54, 1.807) is 18.6 Å². The van der Waals surface area contributed by atoms with Gasteiger partial charge < -0.3 is 19.2 Å². The van der Waals surface area contributed by atoms with E-state index in [0.717, 1.165) is 11.3 Å². The fourth-order valence-corrected chi connectivity index (χ4v) is 4.08. The molecule has 4 aromatic rings. The number of hydrogen-bond donors (Lipinski definition) is 1. The summed E-state index contributed by atoms with van der Waals surface area (Å²) in [5.41, 5.74) is 2.76. The van der Waals surface area contributed by atoms with Crippen LogP contribution in [0.5, 0.6) is 5.75 Å². The maximum atomic E-state index is 13.1. The molecular formula is C22H16BrN5O3. The Hall–Kier alpha value is -3.72. The molecule has 0 bridgehead atoms. The second-order valence-electron chi connectivity index (χ2n) is 6.93. The number of carbonyl (C=O) groups is 2. The molecule has 31 heavy (non-hydrogen) atoms. The molecule has 0 radical (unpaired) electrons. The third kappa shape index (κ3) is 3.14. The summed E-state index contributed by atoms with van der Waals surface area (Å²) >= 11 is 3.35. The zero-order valence-electron chi connectivity index (χ0n) is 16.4. The molecule has 5 rings (SSSR count). The molecule has 3 aromatic heterocycles. The lowest BCUT2D eigenvalue weighted by Crippen LogP contribution is -2.34. The molecule has 8 nitrogen and oxygen atoms in total. The summed E-state index contributed by atoms with van der Waals surface area (Å²) < 4.78 is 7.79. The highest BCUT2D eigenvalue weighted by atomic mass is 79.9. The molecule has 0 atom stereocenters. The van der Waals surface area contributed by atoms with Crippen LogP contribution in [0.4, 0.5) is 0 Å². The van der Waals surface area contributed by atoms with Crippen LogP contribution in [0.2, 0.25) is 0 Å². The number of H-pyrrole nitrogens is 1. The van der Waals surface area contributed by atoms with Crippen LogP contribution in [0.3, 0.4) is 0 Å². The summed E-state index contributed by atoms with van der Waals surface area (Å²) in [6, 6.07) is 9.86. The fourth-order valence-electron chi connectivity index (χ4n) is 3.66. The zero-order valence-corrected chi connectivity index (χ0v) is 18.0. The van der Waals surface area contributed by atoms with Gasteiger partial charge >= 0.3 is 0 Å². The molecule has 0 spiro atoms. The number of ether oxygens (including phenoxy) is 1. The number of aromatic nitrogens is 4. The first-order valence-corrected chi connectivity index (χ1v) is 10.2. The van der Waals surface area contributed by atoms with Crippen LogP contribution in [0.1, 0.15) is 16.2 Å². The Kier molecular flexibility index (Phi) is 4.67.